The summed E-state index contributed by atoms with van der Waals surface area (Å²) in [5, 5.41) is 0. The van der Waals surface area contributed by atoms with Crippen LogP contribution in [-0.2, 0) is 11.2 Å². The summed E-state index contributed by atoms with van der Waals surface area (Å²) in [6.07, 6.45) is 3.27. The zero-order valence-electron chi connectivity index (χ0n) is 13.9. The van der Waals surface area contributed by atoms with Crippen LogP contribution in [0.15, 0.2) is 24.3 Å². The van der Waals surface area contributed by atoms with Crippen LogP contribution in [0.4, 0.5) is 0 Å². The summed E-state index contributed by atoms with van der Waals surface area (Å²) in [7, 11) is 1.92. The summed E-state index contributed by atoms with van der Waals surface area (Å²) in [4.78, 5) is 14.9. The predicted octanol–water partition coefficient (Wildman–Crippen LogP) is 3.29. The number of hydrogen-bond acceptors (Lipinski definition) is 2. The monoisotopic (exact) mass is 288 g/mol. The van der Waals surface area contributed by atoms with Gasteiger partial charge >= 0.3 is 0 Å². The van der Waals surface area contributed by atoms with E-state index in [2.05, 4.69) is 24.3 Å². The Morgan fingerprint density at radius 1 is 1.24 bits per heavy atom. The molecule has 2 rings (SSSR count). The Morgan fingerprint density at radius 3 is 2.48 bits per heavy atom. The van der Waals surface area contributed by atoms with Gasteiger partial charge in [-0.3, -0.25) is 4.79 Å². The van der Waals surface area contributed by atoms with E-state index in [1.807, 2.05) is 39.6 Å². The fourth-order valence-corrected chi connectivity index (χ4v) is 2.99. The first-order valence-electron chi connectivity index (χ1n) is 7.80. The molecular formula is C18H28N2O. The van der Waals surface area contributed by atoms with E-state index in [1.165, 1.54) is 11.1 Å². The van der Waals surface area contributed by atoms with Crippen LogP contribution < -0.4 is 5.73 Å². The number of hydrogen-bond donors (Lipinski definition) is 1. The number of nitrogens with zero attached hydrogens (tertiary/aromatic N) is 1. The second kappa shape index (κ2) is 5.45. The molecule has 0 saturated carbocycles. The van der Waals surface area contributed by atoms with Crippen LogP contribution >= 0.6 is 0 Å². The van der Waals surface area contributed by atoms with Gasteiger partial charge in [-0.15, -0.1) is 0 Å². The van der Waals surface area contributed by atoms with Crippen molar-refractivity contribution in [3.8, 4) is 0 Å². The van der Waals surface area contributed by atoms with Gasteiger partial charge in [0.15, 0.2) is 0 Å². The van der Waals surface area contributed by atoms with Gasteiger partial charge in [0.05, 0.1) is 11.5 Å². The molecule has 0 spiro atoms. The second-order valence-corrected chi connectivity index (χ2v) is 7.37. The molecule has 0 fully saturated rings. The van der Waals surface area contributed by atoms with E-state index in [0.717, 1.165) is 19.3 Å². The Kier molecular flexibility index (Phi) is 4.16. The Labute approximate surface area is 128 Å². The molecule has 0 heterocycles. The fourth-order valence-electron chi connectivity index (χ4n) is 2.99. The molecule has 0 aliphatic heterocycles. The topological polar surface area (TPSA) is 46.3 Å². The molecule has 2 N–H and O–H groups in total. The predicted molar refractivity (Wildman–Crippen MR) is 86.9 cm³/mol. The first-order valence-corrected chi connectivity index (χ1v) is 7.80. The SMILES string of the molecule is CN(C(=O)C(C)(C)C(C)(C)N)C1CCCc2ccccc21. The number of carbonyl (C=O) groups is 1. The van der Waals surface area contributed by atoms with Crippen molar-refractivity contribution in [1.29, 1.82) is 0 Å². The van der Waals surface area contributed by atoms with Gasteiger partial charge in [0.1, 0.15) is 0 Å². The molecule has 1 amide bonds. The summed E-state index contributed by atoms with van der Waals surface area (Å²) in [5.74, 6) is 0.122. The van der Waals surface area contributed by atoms with Crippen molar-refractivity contribution in [2.45, 2.75) is 58.5 Å². The molecule has 21 heavy (non-hydrogen) atoms. The molecule has 1 aromatic carbocycles. The number of benzene rings is 1. The van der Waals surface area contributed by atoms with Gasteiger partial charge in [-0.2, -0.15) is 0 Å². The van der Waals surface area contributed by atoms with Crippen molar-refractivity contribution in [2.75, 3.05) is 7.05 Å². The van der Waals surface area contributed by atoms with Crippen molar-refractivity contribution in [1.82, 2.24) is 4.90 Å². The molecule has 1 unspecified atom stereocenters. The molecule has 1 aliphatic rings. The summed E-state index contributed by atoms with van der Waals surface area (Å²) >= 11 is 0. The molecule has 3 heteroatoms. The maximum absolute atomic E-state index is 13.0. The summed E-state index contributed by atoms with van der Waals surface area (Å²) in [6, 6.07) is 8.65. The number of amides is 1. The van der Waals surface area contributed by atoms with E-state index < -0.39 is 11.0 Å². The minimum atomic E-state index is -0.589. The van der Waals surface area contributed by atoms with Gasteiger partial charge in [-0.25, -0.2) is 0 Å². The normalized spacial score (nSPS) is 19.0. The highest BCUT2D eigenvalue weighted by Gasteiger charge is 2.43. The van der Waals surface area contributed by atoms with Crippen LogP contribution in [0.1, 0.15) is 57.7 Å². The van der Waals surface area contributed by atoms with Crippen molar-refractivity contribution in [3.63, 3.8) is 0 Å². The number of aryl methyl sites for hydroxylation is 1. The van der Waals surface area contributed by atoms with Crippen LogP contribution in [0.3, 0.4) is 0 Å². The summed E-state index contributed by atoms with van der Waals surface area (Å²) < 4.78 is 0. The minimum absolute atomic E-state index is 0.122. The minimum Gasteiger partial charge on any atom is -0.338 e. The average molecular weight is 288 g/mol. The lowest BCUT2D eigenvalue weighted by atomic mass is 9.73. The number of rotatable bonds is 3. The van der Waals surface area contributed by atoms with E-state index in [-0.39, 0.29) is 11.9 Å². The number of fused-ring (bicyclic) bond motifs is 1. The fraction of sp³-hybridized carbons (Fsp3) is 0.611. The van der Waals surface area contributed by atoms with Gasteiger partial charge in [0.25, 0.3) is 0 Å². The standard InChI is InChI=1S/C18H28N2O/c1-17(2,18(3,4)19)16(21)20(5)15-12-8-10-13-9-6-7-11-14(13)15/h6-7,9,11,15H,8,10,12,19H2,1-5H3. The van der Waals surface area contributed by atoms with E-state index in [1.54, 1.807) is 0 Å². The van der Waals surface area contributed by atoms with Crippen LogP contribution in [0, 0.1) is 5.41 Å². The molecular weight excluding hydrogens is 260 g/mol. The lowest BCUT2D eigenvalue weighted by Crippen LogP contribution is -2.56. The molecule has 116 valence electrons. The molecule has 0 aromatic heterocycles. The first-order chi connectivity index (χ1) is 9.66. The van der Waals surface area contributed by atoms with Gasteiger partial charge in [-0.05, 0) is 58.1 Å². The van der Waals surface area contributed by atoms with Crippen LogP contribution in [0.25, 0.3) is 0 Å². The molecule has 1 aliphatic carbocycles. The molecule has 0 bridgehead atoms. The molecule has 0 saturated heterocycles. The van der Waals surface area contributed by atoms with E-state index in [0.29, 0.717) is 0 Å². The van der Waals surface area contributed by atoms with Gasteiger partial charge in [-0.1, -0.05) is 24.3 Å². The largest absolute Gasteiger partial charge is 0.338 e. The van der Waals surface area contributed by atoms with E-state index in [9.17, 15) is 4.79 Å². The molecule has 0 radical (unpaired) electrons. The highest BCUT2D eigenvalue weighted by Crippen LogP contribution is 2.38. The summed E-state index contributed by atoms with van der Waals surface area (Å²) in [6.45, 7) is 7.74. The zero-order chi connectivity index (χ0) is 15.8. The van der Waals surface area contributed by atoms with Gasteiger partial charge < -0.3 is 10.6 Å². The van der Waals surface area contributed by atoms with Gasteiger partial charge in [0.2, 0.25) is 5.91 Å². The van der Waals surface area contributed by atoms with Gasteiger partial charge in [0, 0.05) is 12.6 Å². The highest BCUT2D eigenvalue weighted by molar-refractivity contribution is 5.83. The smallest absolute Gasteiger partial charge is 0.230 e. The Morgan fingerprint density at radius 2 is 1.86 bits per heavy atom. The van der Waals surface area contributed by atoms with E-state index >= 15 is 0 Å². The summed E-state index contributed by atoms with van der Waals surface area (Å²) in [5.41, 5.74) is 7.76. The Hall–Kier alpha value is -1.35. The average Bonchev–Trinajstić information content (AvgIpc) is 2.44. The number of carbonyl (C=O) groups excluding carboxylic acids is 1. The molecule has 3 nitrogen and oxygen atoms in total. The van der Waals surface area contributed by atoms with Crippen LogP contribution in [-0.4, -0.2) is 23.4 Å². The lowest BCUT2D eigenvalue weighted by Gasteiger charge is -2.43. The van der Waals surface area contributed by atoms with E-state index in [4.69, 9.17) is 5.73 Å². The van der Waals surface area contributed by atoms with Crippen molar-refractivity contribution in [3.05, 3.63) is 35.4 Å². The van der Waals surface area contributed by atoms with Crippen molar-refractivity contribution < 1.29 is 4.79 Å². The Balaban J connectivity index is 2.30. The quantitative estimate of drug-likeness (QED) is 0.927. The second-order valence-electron chi connectivity index (χ2n) is 7.37. The lowest BCUT2D eigenvalue weighted by molar-refractivity contribution is -0.144. The third kappa shape index (κ3) is 2.84. The number of nitrogens with two attached hydrogens (primary N) is 1. The third-order valence-corrected chi connectivity index (χ3v) is 5.27. The highest BCUT2D eigenvalue weighted by atomic mass is 16.2. The maximum atomic E-state index is 13.0. The maximum Gasteiger partial charge on any atom is 0.230 e. The Bertz CT molecular complexity index is 528. The third-order valence-electron chi connectivity index (χ3n) is 5.27. The van der Waals surface area contributed by atoms with Crippen LogP contribution in [0.2, 0.25) is 0 Å². The zero-order valence-corrected chi connectivity index (χ0v) is 13.9. The molecule has 1 aromatic rings. The first kappa shape index (κ1) is 16.0. The van der Waals surface area contributed by atoms with Crippen LogP contribution in [0.5, 0.6) is 0 Å². The van der Waals surface area contributed by atoms with Crippen molar-refractivity contribution in [2.24, 2.45) is 11.1 Å². The van der Waals surface area contributed by atoms with Crippen molar-refractivity contribution >= 4 is 5.91 Å². The molecule has 1 atom stereocenters.